The lowest BCUT2D eigenvalue weighted by atomic mass is 9.76. The van der Waals surface area contributed by atoms with Gasteiger partial charge in [-0.05, 0) is 127 Å². The van der Waals surface area contributed by atoms with Crippen molar-refractivity contribution in [3.05, 3.63) is 167 Å². The van der Waals surface area contributed by atoms with E-state index in [1.54, 1.807) is 21.6 Å². The molecule has 10 nitrogen and oxygen atoms in total. The maximum Gasteiger partial charge on any atom is 0.251 e. The molecule has 74 heavy (non-hydrogen) atoms. The number of ether oxygens (including phenoxy) is 2. The quantitative estimate of drug-likeness (QED) is 0.0596. The van der Waals surface area contributed by atoms with Crippen molar-refractivity contribution in [2.24, 2.45) is 5.92 Å². The number of fused-ring (bicyclic) bond motifs is 12. The number of hydrogen-bond donors (Lipinski definition) is 2. The summed E-state index contributed by atoms with van der Waals surface area (Å²) in [7, 11) is 3.40. The molecule has 2 fully saturated rings. The zero-order valence-corrected chi connectivity index (χ0v) is 45.0. The standard InChI is InChI=1S/C62H66N6O4S2/c1-7-65-51-15-11-9-13-45(51)47-37-41(17-21-53(47)65)25-27-61-59(3,4)49-39-43(19-23-55(49)67(61)31-33-71-61)57(69)63-29-35-73-74-36-30-64-58(70)44-20-24-56-50(40-44)60(5,6)62(68(56)32-34-72-62)28-26-42-18-22-54-48(38-42)46-14-10-12-16-52(46)66(54)8-2/h9-28,37,39-40,42H,7-8,29-36,38H2,1-6H3,(H,63,69)(H,64,70)/b27-25+,28-26+. The van der Waals surface area contributed by atoms with Gasteiger partial charge in [-0.2, -0.15) is 0 Å². The van der Waals surface area contributed by atoms with Gasteiger partial charge >= 0.3 is 0 Å². The third kappa shape index (κ3) is 7.60. The van der Waals surface area contributed by atoms with E-state index < -0.39 is 22.3 Å². The van der Waals surface area contributed by atoms with Gasteiger partial charge < -0.3 is 39.0 Å². The molecular weight excluding hydrogens is 957 g/mol. The van der Waals surface area contributed by atoms with Crippen LogP contribution in [0.25, 0.3) is 44.9 Å². The molecule has 2 aromatic heterocycles. The first-order valence-corrected chi connectivity index (χ1v) is 29.0. The Morgan fingerprint density at radius 3 is 1.81 bits per heavy atom. The number of carbonyl (C=O) groups is 2. The van der Waals surface area contributed by atoms with Crippen molar-refractivity contribution >= 4 is 89.6 Å². The van der Waals surface area contributed by atoms with E-state index in [9.17, 15) is 9.59 Å². The minimum Gasteiger partial charge on any atom is -0.351 e. The largest absolute Gasteiger partial charge is 0.351 e. The van der Waals surface area contributed by atoms with Crippen LogP contribution in [-0.2, 0) is 39.8 Å². The number of anilines is 2. The summed E-state index contributed by atoms with van der Waals surface area (Å²) in [6.07, 6.45) is 14.7. The lowest BCUT2D eigenvalue weighted by Crippen LogP contribution is -2.51. The highest BCUT2D eigenvalue weighted by Crippen LogP contribution is 2.57. The van der Waals surface area contributed by atoms with E-state index >= 15 is 0 Å². The number of benzene rings is 5. The number of amides is 2. The minimum atomic E-state index is -0.672. The van der Waals surface area contributed by atoms with Crippen LogP contribution in [0, 0.1) is 5.92 Å². The maximum atomic E-state index is 13.6. The van der Waals surface area contributed by atoms with Crippen LogP contribution >= 0.6 is 21.6 Å². The number of nitrogens with zero attached hydrogens (tertiary/aromatic N) is 4. The highest BCUT2D eigenvalue weighted by Gasteiger charge is 2.60. The van der Waals surface area contributed by atoms with E-state index in [-0.39, 0.29) is 17.7 Å². The fourth-order valence-corrected chi connectivity index (χ4v) is 14.9. The number of aryl methyl sites for hydroxylation is 2. The predicted molar refractivity (Wildman–Crippen MR) is 308 cm³/mol. The lowest BCUT2D eigenvalue weighted by molar-refractivity contribution is -0.000655. The Kier molecular flexibility index (Phi) is 12.4. The van der Waals surface area contributed by atoms with Gasteiger partial charge in [-0.25, -0.2) is 0 Å². The van der Waals surface area contributed by atoms with Crippen LogP contribution in [0.5, 0.6) is 0 Å². The Bertz CT molecular complexity index is 3480. The Labute approximate surface area is 442 Å². The van der Waals surface area contributed by atoms with Gasteiger partial charge in [-0.15, -0.1) is 0 Å². The summed E-state index contributed by atoms with van der Waals surface area (Å²) in [5.74, 6) is 1.59. The molecule has 2 saturated heterocycles. The van der Waals surface area contributed by atoms with Crippen LogP contribution in [0.15, 0.2) is 127 Å². The second-order valence-electron chi connectivity index (χ2n) is 21.3. The zero-order valence-electron chi connectivity index (χ0n) is 43.4. The Morgan fingerprint density at radius 2 is 1.20 bits per heavy atom. The topological polar surface area (TPSA) is 93.0 Å². The smallest absolute Gasteiger partial charge is 0.251 e. The van der Waals surface area contributed by atoms with Crippen molar-refractivity contribution in [1.82, 2.24) is 19.8 Å². The fourth-order valence-electron chi connectivity index (χ4n) is 13.1. The summed E-state index contributed by atoms with van der Waals surface area (Å²) in [6, 6.07) is 36.3. The van der Waals surface area contributed by atoms with Crippen LogP contribution < -0.4 is 20.4 Å². The zero-order chi connectivity index (χ0) is 51.0. The molecule has 0 spiro atoms. The molecule has 12 rings (SSSR count). The molecular formula is C62H66N6O4S2. The maximum absolute atomic E-state index is 13.6. The number of aromatic nitrogens is 2. The van der Waals surface area contributed by atoms with Gasteiger partial charge in [-0.3, -0.25) is 9.59 Å². The number of nitrogens with one attached hydrogen (secondary N) is 2. The number of hydrogen-bond acceptors (Lipinski definition) is 8. The van der Waals surface area contributed by atoms with Gasteiger partial charge in [-0.1, -0.05) is 110 Å². The average molecular weight is 1020 g/mol. The molecule has 6 heterocycles. The molecule has 12 heteroatoms. The highest BCUT2D eigenvalue weighted by molar-refractivity contribution is 8.76. The van der Waals surface area contributed by atoms with Crippen LogP contribution in [0.1, 0.15) is 90.2 Å². The first kappa shape index (κ1) is 48.7. The van der Waals surface area contributed by atoms with Gasteiger partial charge in [0.2, 0.25) is 0 Å². The molecule has 5 aromatic carbocycles. The van der Waals surface area contributed by atoms with Crippen molar-refractivity contribution in [3.8, 4) is 0 Å². The second-order valence-corrected chi connectivity index (χ2v) is 24.0. The third-order valence-electron chi connectivity index (χ3n) is 16.9. The highest BCUT2D eigenvalue weighted by atomic mass is 33.1. The summed E-state index contributed by atoms with van der Waals surface area (Å²) in [5.41, 5.74) is 11.4. The van der Waals surface area contributed by atoms with E-state index in [0.29, 0.717) is 37.4 Å². The first-order chi connectivity index (χ1) is 35.9. The number of allylic oxidation sites excluding steroid dienone is 2. The Hall–Kier alpha value is -6.18. The fraction of sp³-hybridized carbons (Fsp3) is 0.355. The van der Waals surface area contributed by atoms with E-state index in [1.807, 2.05) is 12.1 Å². The summed E-state index contributed by atoms with van der Waals surface area (Å²) >= 11 is 0. The van der Waals surface area contributed by atoms with E-state index in [2.05, 4.69) is 199 Å². The number of carbonyl (C=O) groups excluding carboxylic acids is 2. The Morgan fingerprint density at radius 1 is 0.649 bits per heavy atom. The van der Waals surface area contributed by atoms with Crippen molar-refractivity contribution < 1.29 is 19.1 Å². The van der Waals surface area contributed by atoms with Gasteiger partial charge in [0.25, 0.3) is 11.8 Å². The van der Waals surface area contributed by atoms with Crippen LogP contribution in [0.3, 0.4) is 0 Å². The molecule has 4 aliphatic heterocycles. The van der Waals surface area contributed by atoms with E-state index in [4.69, 9.17) is 9.47 Å². The molecule has 0 bridgehead atoms. The molecule has 380 valence electrons. The second kappa shape index (κ2) is 18.9. The molecule has 2 amide bonds. The molecule has 0 radical (unpaired) electrons. The average Bonchev–Trinajstić information content (AvgIpc) is 4.28. The third-order valence-corrected chi connectivity index (χ3v) is 19.3. The summed E-state index contributed by atoms with van der Waals surface area (Å²) < 4.78 is 18.2. The monoisotopic (exact) mass is 1020 g/mol. The summed E-state index contributed by atoms with van der Waals surface area (Å²) in [5, 5.41) is 10.2. The minimum absolute atomic E-state index is 0.0750. The van der Waals surface area contributed by atoms with Gasteiger partial charge in [0.1, 0.15) is 0 Å². The van der Waals surface area contributed by atoms with Crippen molar-refractivity contribution in [3.63, 3.8) is 0 Å². The lowest BCUT2D eigenvalue weighted by Gasteiger charge is -2.40. The summed E-state index contributed by atoms with van der Waals surface area (Å²) in [4.78, 5) is 31.9. The first-order valence-electron chi connectivity index (χ1n) is 26.5. The van der Waals surface area contributed by atoms with E-state index in [0.717, 1.165) is 72.2 Å². The number of para-hydroxylation sites is 2. The molecule has 3 unspecified atom stereocenters. The normalized spacial score (nSPS) is 22.1. The summed E-state index contributed by atoms with van der Waals surface area (Å²) in [6.45, 7) is 19.2. The molecule has 3 atom stereocenters. The van der Waals surface area contributed by atoms with Crippen molar-refractivity contribution in [1.29, 1.82) is 0 Å². The van der Waals surface area contributed by atoms with Crippen LogP contribution in [-0.4, -0.2) is 83.3 Å². The number of rotatable bonds is 15. The van der Waals surface area contributed by atoms with Crippen molar-refractivity contribution in [2.75, 3.05) is 60.7 Å². The molecule has 1 aliphatic carbocycles. The SMILES string of the molecule is CCn1c2c(c3ccccc31)CC(/C=C/C13OCCN1c1ccc(C(=O)NCCSSCCNC(=O)c4ccc5c(c4)C(C)(C)C4(/C=C/c6ccc7c(c6)c6ccccc6n7CC)OCCN54)cc1C3(C)C)C=C2. The molecule has 2 N–H and O–H groups in total. The van der Waals surface area contributed by atoms with Gasteiger partial charge in [0.05, 0.1) is 13.2 Å². The van der Waals surface area contributed by atoms with Crippen LogP contribution in [0.4, 0.5) is 11.4 Å². The van der Waals surface area contributed by atoms with Crippen LogP contribution in [0.2, 0.25) is 0 Å². The van der Waals surface area contributed by atoms with E-state index in [1.165, 1.54) is 44.0 Å². The molecule has 5 aliphatic rings. The molecule has 0 saturated carbocycles. The predicted octanol–water partition coefficient (Wildman–Crippen LogP) is 12.1. The van der Waals surface area contributed by atoms with Gasteiger partial charge in [0.15, 0.2) is 11.4 Å². The van der Waals surface area contributed by atoms with Gasteiger partial charge in [0, 0.05) is 123 Å². The Balaban J connectivity index is 0.626. The molecule has 7 aromatic rings. The van der Waals surface area contributed by atoms with Crippen molar-refractivity contribution in [2.45, 2.75) is 83.3 Å².